The van der Waals surface area contributed by atoms with Crippen LogP contribution in [0.15, 0.2) is 39.3 Å². The van der Waals surface area contributed by atoms with E-state index in [4.69, 9.17) is 9.26 Å². The zero-order valence-corrected chi connectivity index (χ0v) is 20.4. The van der Waals surface area contributed by atoms with Gasteiger partial charge in [0.2, 0.25) is 11.7 Å². The number of nitrogens with zero attached hydrogens (tertiary/aromatic N) is 3. The third kappa shape index (κ3) is 5.34. The van der Waals surface area contributed by atoms with Gasteiger partial charge in [-0.2, -0.15) is 4.98 Å². The van der Waals surface area contributed by atoms with Gasteiger partial charge in [-0.3, -0.25) is 4.79 Å². The fraction of sp³-hybridized carbons (Fsp3) is 0.375. The lowest BCUT2D eigenvalue weighted by atomic mass is 10.1. The first-order chi connectivity index (χ1) is 14.7. The van der Waals surface area contributed by atoms with Crippen LogP contribution >= 0.6 is 15.9 Å². The van der Waals surface area contributed by atoms with Gasteiger partial charge in [0.1, 0.15) is 12.3 Å². The number of hydrogen-bond acceptors (Lipinski definition) is 5. The van der Waals surface area contributed by atoms with Crippen LogP contribution in [-0.2, 0) is 11.3 Å². The summed E-state index contributed by atoms with van der Waals surface area (Å²) in [6.07, 6.45) is 0. The van der Waals surface area contributed by atoms with Crippen LogP contribution < -0.4 is 4.74 Å². The number of ether oxygens (including phenoxy) is 1. The van der Waals surface area contributed by atoms with Crippen molar-refractivity contribution in [2.75, 3.05) is 6.61 Å². The third-order valence-corrected chi connectivity index (χ3v) is 6.55. The molecule has 0 atom stereocenters. The van der Waals surface area contributed by atoms with E-state index in [1.54, 1.807) is 4.90 Å². The van der Waals surface area contributed by atoms with Crippen molar-refractivity contribution in [2.24, 2.45) is 0 Å². The Kier molecular flexibility index (Phi) is 7.15. The third-order valence-electron chi connectivity index (χ3n) is 5.33. The van der Waals surface area contributed by atoms with Crippen molar-refractivity contribution in [1.82, 2.24) is 15.0 Å². The number of halogens is 1. The standard InChI is InChI=1S/C24H28BrN3O3/c1-14(2)28(12-21-26-24(27-31-21)19-9-7-15(3)8-10-19)22(29)13-30-20-11-16(4)23(25)18(6)17(20)5/h7-11,14H,12-13H2,1-6H3. The Morgan fingerprint density at radius 1 is 1.13 bits per heavy atom. The second-order valence-corrected chi connectivity index (χ2v) is 8.83. The lowest BCUT2D eigenvalue weighted by Crippen LogP contribution is -2.39. The molecule has 164 valence electrons. The van der Waals surface area contributed by atoms with Gasteiger partial charge in [0.15, 0.2) is 6.61 Å². The minimum atomic E-state index is -0.136. The van der Waals surface area contributed by atoms with E-state index in [1.807, 2.05) is 71.9 Å². The monoisotopic (exact) mass is 485 g/mol. The summed E-state index contributed by atoms with van der Waals surface area (Å²) in [4.78, 5) is 19.1. The van der Waals surface area contributed by atoms with Crippen LogP contribution in [0.4, 0.5) is 0 Å². The summed E-state index contributed by atoms with van der Waals surface area (Å²) in [5.41, 5.74) is 5.23. The summed E-state index contributed by atoms with van der Waals surface area (Å²) in [5, 5.41) is 4.06. The Morgan fingerprint density at radius 3 is 2.45 bits per heavy atom. The molecule has 6 nitrogen and oxygen atoms in total. The molecule has 1 amide bonds. The maximum absolute atomic E-state index is 12.9. The smallest absolute Gasteiger partial charge is 0.261 e. The first-order valence-electron chi connectivity index (χ1n) is 10.3. The van der Waals surface area contributed by atoms with Crippen LogP contribution in [0.5, 0.6) is 5.75 Å². The number of hydrogen-bond donors (Lipinski definition) is 0. The number of aromatic nitrogens is 2. The molecule has 0 radical (unpaired) electrons. The van der Waals surface area contributed by atoms with Gasteiger partial charge in [0.25, 0.3) is 5.91 Å². The fourth-order valence-corrected chi connectivity index (χ4v) is 3.64. The van der Waals surface area contributed by atoms with E-state index in [-0.39, 0.29) is 25.1 Å². The molecular formula is C24H28BrN3O3. The molecule has 1 heterocycles. The summed E-state index contributed by atoms with van der Waals surface area (Å²) in [7, 11) is 0. The molecule has 3 aromatic rings. The number of amides is 1. The van der Waals surface area contributed by atoms with Crippen LogP contribution in [0.3, 0.4) is 0 Å². The number of benzene rings is 2. The molecule has 0 aliphatic heterocycles. The first kappa shape index (κ1) is 23.0. The Labute approximate surface area is 191 Å². The fourth-order valence-electron chi connectivity index (χ4n) is 3.23. The predicted octanol–water partition coefficient (Wildman–Crippen LogP) is 5.55. The number of carbonyl (C=O) groups is 1. The summed E-state index contributed by atoms with van der Waals surface area (Å²) in [6, 6.07) is 9.81. The number of carbonyl (C=O) groups excluding carboxylic acids is 1. The molecule has 0 saturated carbocycles. The molecular weight excluding hydrogens is 458 g/mol. The minimum Gasteiger partial charge on any atom is -0.483 e. The first-order valence-corrected chi connectivity index (χ1v) is 11.0. The number of aryl methyl sites for hydroxylation is 2. The molecule has 0 fully saturated rings. The second-order valence-electron chi connectivity index (χ2n) is 8.04. The molecule has 0 aliphatic carbocycles. The molecule has 0 spiro atoms. The van der Waals surface area contributed by atoms with Crippen LogP contribution in [0.25, 0.3) is 11.4 Å². The normalized spacial score (nSPS) is 11.1. The highest BCUT2D eigenvalue weighted by Crippen LogP contribution is 2.31. The Balaban J connectivity index is 1.70. The zero-order chi connectivity index (χ0) is 22.7. The van der Waals surface area contributed by atoms with Gasteiger partial charge in [-0.25, -0.2) is 0 Å². The van der Waals surface area contributed by atoms with Crippen LogP contribution in [0, 0.1) is 27.7 Å². The summed E-state index contributed by atoms with van der Waals surface area (Å²) < 4.78 is 12.4. The summed E-state index contributed by atoms with van der Waals surface area (Å²) >= 11 is 3.59. The van der Waals surface area contributed by atoms with Crippen molar-refractivity contribution < 1.29 is 14.1 Å². The highest BCUT2D eigenvalue weighted by Gasteiger charge is 2.22. The van der Waals surface area contributed by atoms with E-state index in [0.29, 0.717) is 11.7 Å². The van der Waals surface area contributed by atoms with E-state index in [1.165, 1.54) is 0 Å². The second kappa shape index (κ2) is 9.64. The average Bonchev–Trinajstić information content (AvgIpc) is 3.21. The van der Waals surface area contributed by atoms with Crippen LogP contribution in [-0.4, -0.2) is 33.6 Å². The number of rotatable bonds is 7. The van der Waals surface area contributed by atoms with Gasteiger partial charge >= 0.3 is 0 Å². The van der Waals surface area contributed by atoms with Crippen LogP contribution in [0.1, 0.15) is 42.0 Å². The topological polar surface area (TPSA) is 68.5 Å². The van der Waals surface area contributed by atoms with E-state index in [9.17, 15) is 4.79 Å². The lowest BCUT2D eigenvalue weighted by molar-refractivity contribution is -0.136. The lowest BCUT2D eigenvalue weighted by Gasteiger charge is -2.25. The Bertz CT molecular complexity index is 1070. The van der Waals surface area contributed by atoms with Gasteiger partial charge in [0, 0.05) is 16.1 Å². The maximum atomic E-state index is 12.9. The van der Waals surface area contributed by atoms with Crippen molar-refractivity contribution >= 4 is 21.8 Å². The Hall–Kier alpha value is -2.67. The van der Waals surface area contributed by atoms with E-state index in [2.05, 4.69) is 26.1 Å². The van der Waals surface area contributed by atoms with E-state index >= 15 is 0 Å². The van der Waals surface area contributed by atoms with E-state index < -0.39 is 0 Å². The van der Waals surface area contributed by atoms with Gasteiger partial charge in [-0.15, -0.1) is 0 Å². The molecule has 0 aliphatic rings. The maximum Gasteiger partial charge on any atom is 0.261 e. The minimum absolute atomic E-state index is 0.0414. The molecule has 0 unspecified atom stereocenters. The van der Waals surface area contributed by atoms with Gasteiger partial charge in [-0.05, 0) is 64.3 Å². The Morgan fingerprint density at radius 2 is 1.81 bits per heavy atom. The molecule has 0 bridgehead atoms. The van der Waals surface area contributed by atoms with Gasteiger partial charge in [0.05, 0.1) is 0 Å². The summed E-state index contributed by atoms with van der Waals surface area (Å²) in [5.74, 6) is 1.49. The molecule has 0 saturated heterocycles. The van der Waals surface area contributed by atoms with Crippen molar-refractivity contribution in [2.45, 2.75) is 54.1 Å². The average molecular weight is 486 g/mol. The molecule has 3 rings (SSSR count). The van der Waals surface area contributed by atoms with Crippen LogP contribution in [0.2, 0.25) is 0 Å². The molecule has 1 aromatic heterocycles. The molecule has 7 heteroatoms. The highest BCUT2D eigenvalue weighted by atomic mass is 79.9. The molecule has 0 N–H and O–H groups in total. The molecule has 2 aromatic carbocycles. The quantitative estimate of drug-likeness (QED) is 0.438. The van der Waals surface area contributed by atoms with E-state index in [0.717, 1.165) is 38.0 Å². The summed E-state index contributed by atoms with van der Waals surface area (Å²) in [6.45, 7) is 12.1. The zero-order valence-electron chi connectivity index (χ0n) is 18.8. The van der Waals surface area contributed by atoms with Crippen molar-refractivity contribution in [3.63, 3.8) is 0 Å². The highest BCUT2D eigenvalue weighted by molar-refractivity contribution is 9.10. The SMILES string of the molecule is Cc1ccc(-c2noc(CN(C(=O)COc3cc(C)c(Br)c(C)c3C)C(C)C)n2)cc1. The molecule has 31 heavy (non-hydrogen) atoms. The van der Waals surface area contributed by atoms with Crippen molar-refractivity contribution in [3.8, 4) is 17.1 Å². The van der Waals surface area contributed by atoms with Crippen molar-refractivity contribution in [1.29, 1.82) is 0 Å². The van der Waals surface area contributed by atoms with Gasteiger partial charge in [-0.1, -0.05) is 50.9 Å². The van der Waals surface area contributed by atoms with Crippen molar-refractivity contribution in [3.05, 3.63) is 62.9 Å². The van der Waals surface area contributed by atoms with Gasteiger partial charge < -0.3 is 14.2 Å². The largest absolute Gasteiger partial charge is 0.483 e. The predicted molar refractivity (Wildman–Crippen MR) is 124 cm³/mol.